The number of rotatable bonds is 6. The Morgan fingerprint density at radius 3 is 2.52 bits per heavy atom. The number of piperidine rings is 1. The number of amides is 1. The Balaban J connectivity index is 1.55. The highest BCUT2D eigenvalue weighted by atomic mass is 32.2. The van der Waals surface area contributed by atoms with Crippen LogP contribution >= 0.6 is 11.3 Å². The van der Waals surface area contributed by atoms with Crippen LogP contribution in [0.5, 0.6) is 0 Å². The van der Waals surface area contributed by atoms with Crippen LogP contribution in [0.15, 0.2) is 76.3 Å². The zero-order valence-electron chi connectivity index (χ0n) is 17.4. The average molecular weight is 455 g/mol. The van der Waals surface area contributed by atoms with Gasteiger partial charge < -0.3 is 5.32 Å². The highest BCUT2D eigenvalue weighted by Crippen LogP contribution is 2.29. The summed E-state index contributed by atoms with van der Waals surface area (Å²) in [5, 5.41) is 4.97. The average Bonchev–Trinajstić information content (AvgIpc) is 3.35. The van der Waals surface area contributed by atoms with Gasteiger partial charge in [-0.05, 0) is 47.9 Å². The Hall–Kier alpha value is -2.48. The summed E-state index contributed by atoms with van der Waals surface area (Å²) >= 11 is 1.21. The number of nitrogens with zero attached hydrogens (tertiary/aromatic N) is 1. The van der Waals surface area contributed by atoms with E-state index in [1.807, 2.05) is 61.5 Å². The highest BCUT2D eigenvalue weighted by molar-refractivity contribution is 7.91. The van der Waals surface area contributed by atoms with Gasteiger partial charge >= 0.3 is 0 Å². The zero-order chi connectivity index (χ0) is 21.8. The molecule has 0 unspecified atom stereocenters. The first-order chi connectivity index (χ1) is 15.0. The molecular formula is C24H26N2O3S2. The molecule has 0 radical (unpaired) electrons. The van der Waals surface area contributed by atoms with Gasteiger partial charge in [0.05, 0.1) is 12.0 Å². The summed E-state index contributed by atoms with van der Waals surface area (Å²) in [4.78, 5) is 13.3. The largest absolute Gasteiger partial charge is 0.345 e. The topological polar surface area (TPSA) is 66.5 Å². The summed E-state index contributed by atoms with van der Waals surface area (Å²) in [7, 11) is -3.55. The first-order valence-corrected chi connectivity index (χ1v) is 12.7. The number of aryl methyl sites for hydroxylation is 1. The lowest BCUT2D eigenvalue weighted by Gasteiger charge is -2.32. The quantitative estimate of drug-likeness (QED) is 0.602. The molecule has 7 heteroatoms. The van der Waals surface area contributed by atoms with Crippen molar-refractivity contribution in [3.05, 3.63) is 88.8 Å². The SMILES string of the molecule is Cc1ccccc1[C@H](NC(=O)[C@@H]1CCCN(S(=O)(=O)c2cccs2)C1)c1ccccc1. The van der Waals surface area contributed by atoms with Gasteiger partial charge in [-0.25, -0.2) is 8.42 Å². The molecule has 2 heterocycles. The summed E-state index contributed by atoms with van der Waals surface area (Å²) in [5.74, 6) is -0.484. The van der Waals surface area contributed by atoms with Gasteiger partial charge in [-0.1, -0.05) is 60.7 Å². The maximum atomic E-state index is 13.3. The lowest BCUT2D eigenvalue weighted by molar-refractivity contribution is -0.126. The van der Waals surface area contributed by atoms with Crippen LogP contribution in [0, 0.1) is 12.8 Å². The predicted octanol–water partition coefficient (Wildman–Crippen LogP) is 4.36. The standard InChI is InChI=1S/C24H26N2O3S2/c1-18-9-5-6-13-21(18)23(19-10-3-2-4-11-19)25-24(27)20-12-7-15-26(17-20)31(28,29)22-14-8-16-30-22/h2-6,8-11,13-14,16,20,23H,7,12,15,17H2,1H3,(H,25,27)/t20-,23-/m1/s1. The number of carbonyl (C=O) groups excluding carboxylic acids is 1. The van der Waals surface area contributed by atoms with E-state index in [1.54, 1.807) is 17.5 Å². The molecule has 2 aromatic carbocycles. The summed E-state index contributed by atoms with van der Waals surface area (Å²) < 4.78 is 27.6. The number of nitrogens with one attached hydrogen (secondary N) is 1. The molecule has 4 rings (SSSR count). The molecule has 0 saturated carbocycles. The molecule has 0 bridgehead atoms. The maximum absolute atomic E-state index is 13.3. The van der Waals surface area contributed by atoms with Gasteiger partial charge in [0.25, 0.3) is 10.0 Å². The summed E-state index contributed by atoms with van der Waals surface area (Å²) in [6.07, 6.45) is 1.35. The molecule has 31 heavy (non-hydrogen) atoms. The molecule has 2 atom stereocenters. The second-order valence-electron chi connectivity index (χ2n) is 7.84. The Kier molecular flexibility index (Phi) is 6.55. The van der Waals surface area contributed by atoms with E-state index in [2.05, 4.69) is 5.32 Å². The second kappa shape index (κ2) is 9.34. The first-order valence-electron chi connectivity index (χ1n) is 10.4. The van der Waals surface area contributed by atoms with Crippen LogP contribution in [0.25, 0.3) is 0 Å². The second-order valence-corrected chi connectivity index (χ2v) is 11.0. The van der Waals surface area contributed by atoms with Crippen molar-refractivity contribution in [3.8, 4) is 0 Å². The molecule has 1 N–H and O–H groups in total. The van der Waals surface area contributed by atoms with E-state index in [-0.39, 0.29) is 24.4 Å². The summed E-state index contributed by atoms with van der Waals surface area (Å²) in [6.45, 7) is 2.69. The number of thiophene rings is 1. The number of hydrogen-bond donors (Lipinski definition) is 1. The van der Waals surface area contributed by atoms with Crippen LogP contribution in [0.2, 0.25) is 0 Å². The Labute approximate surface area is 187 Å². The lowest BCUT2D eigenvalue weighted by Crippen LogP contribution is -2.46. The smallest absolute Gasteiger partial charge is 0.252 e. The van der Waals surface area contributed by atoms with E-state index in [9.17, 15) is 13.2 Å². The molecular weight excluding hydrogens is 428 g/mol. The van der Waals surface area contributed by atoms with E-state index in [1.165, 1.54) is 15.6 Å². The zero-order valence-corrected chi connectivity index (χ0v) is 19.0. The third kappa shape index (κ3) is 4.74. The maximum Gasteiger partial charge on any atom is 0.252 e. The van der Waals surface area contributed by atoms with Gasteiger partial charge in [-0.15, -0.1) is 11.3 Å². The van der Waals surface area contributed by atoms with Crippen molar-refractivity contribution in [1.29, 1.82) is 0 Å². The molecule has 1 amide bonds. The molecule has 1 aliphatic rings. The van der Waals surface area contributed by atoms with Gasteiger partial charge in [-0.2, -0.15) is 4.31 Å². The van der Waals surface area contributed by atoms with Crippen LogP contribution in [-0.2, 0) is 14.8 Å². The van der Waals surface area contributed by atoms with Crippen molar-refractivity contribution in [3.63, 3.8) is 0 Å². The van der Waals surface area contributed by atoms with E-state index in [0.29, 0.717) is 23.6 Å². The van der Waals surface area contributed by atoms with Crippen LogP contribution in [0.3, 0.4) is 0 Å². The monoisotopic (exact) mass is 454 g/mol. The van der Waals surface area contributed by atoms with Crippen LogP contribution in [0.1, 0.15) is 35.6 Å². The Morgan fingerprint density at radius 2 is 1.81 bits per heavy atom. The van der Waals surface area contributed by atoms with Crippen LogP contribution in [0.4, 0.5) is 0 Å². The van der Waals surface area contributed by atoms with Crippen molar-refractivity contribution >= 4 is 27.3 Å². The minimum atomic E-state index is -3.55. The van der Waals surface area contributed by atoms with Gasteiger partial charge in [0.15, 0.2) is 0 Å². The van der Waals surface area contributed by atoms with Gasteiger partial charge in [0, 0.05) is 13.1 Å². The fraction of sp³-hybridized carbons (Fsp3) is 0.292. The molecule has 3 aromatic rings. The van der Waals surface area contributed by atoms with Crippen LogP contribution in [-0.4, -0.2) is 31.7 Å². The molecule has 162 valence electrons. The van der Waals surface area contributed by atoms with Crippen molar-refractivity contribution in [2.45, 2.75) is 30.0 Å². The van der Waals surface area contributed by atoms with E-state index in [4.69, 9.17) is 0 Å². The molecule has 1 aliphatic heterocycles. The Bertz CT molecular complexity index is 1130. The molecule has 5 nitrogen and oxygen atoms in total. The van der Waals surface area contributed by atoms with Crippen molar-refractivity contribution < 1.29 is 13.2 Å². The van der Waals surface area contributed by atoms with Gasteiger partial charge in [-0.3, -0.25) is 4.79 Å². The van der Waals surface area contributed by atoms with E-state index >= 15 is 0 Å². The number of sulfonamides is 1. The van der Waals surface area contributed by atoms with E-state index < -0.39 is 10.0 Å². The molecule has 0 spiro atoms. The van der Waals surface area contributed by atoms with Gasteiger partial charge in [0.2, 0.25) is 5.91 Å². The molecule has 0 aliphatic carbocycles. The molecule has 1 saturated heterocycles. The third-order valence-corrected chi connectivity index (χ3v) is 9.00. The van der Waals surface area contributed by atoms with Crippen molar-refractivity contribution in [2.75, 3.05) is 13.1 Å². The fourth-order valence-electron chi connectivity index (χ4n) is 4.07. The minimum Gasteiger partial charge on any atom is -0.345 e. The number of carbonyl (C=O) groups is 1. The first kappa shape index (κ1) is 21.7. The minimum absolute atomic E-state index is 0.108. The summed E-state index contributed by atoms with van der Waals surface area (Å²) in [6, 6.07) is 21.0. The lowest BCUT2D eigenvalue weighted by atomic mass is 9.93. The van der Waals surface area contributed by atoms with Crippen LogP contribution < -0.4 is 5.32 Å². The summed E-state index contributed by atoms with van der Waals surface area (Å²) in [5.41, 5.74) is 3.15. The number of benzene rings is 2. The number of hydrogen-bond acceptors (Lipinski definition) is 4. The predicted molar refractivity (Wildman–Crippen MR) is 123 cm³/mol. The fourth-order valence-corrected chi connectivity index (χ4v) is 6.74. The molecule has 1 fully saturated rings. The van der Waals surface area contributed by atoms with Gasteiger partial charge in [0.1, 0.15) is 4.21 Å². The van der Waals surface area contributed by atoms with Crippen molar-refractivity contribution in [2.24, 2.45) is 5.92 Å². The Morgan fingerprint density at radius 1 is 1.06 bits per heavy atom. The normalized spacial score (nSPS) is 18.4. The molecule has 1 aromatic heterocycles. The van der Waals surface area contributed by atoms with Crippen molar-refractivity contribution in [1.82, 2.24) is 9.62 Å². The highest BCUT2D eigenvalue weighted by Gasteiger charge is 2.34. The van der Waals surface area contributed by atoms with E-state index in [0.717, 1.165) is 16.7 Å². The third-order valence-electron chi connectivity index (χ3n) is 5.76.